The molecule has 0 saturated carbocycles. The Kier molecular flexibility index (Phi) is 6.21. The Labute approximate surface area is 166 Å². The Morgan fingerprint density at radius 3 is 2.64 bits per heavy atom. The Morgan fingerprint density at radius 1 is 1.29 bits per heavy atom. The van der Waals surface area contributed by atoms with Crippen LogP contribution in [0.25, 0.3) is 0 Å². The van der Waals surface area contributed by atoms with Gasteiger partial charge in [0, 0.05) is 30.2 Å². The van der Waals surface area contributed by atoms with Crippen LogP contribution in [0.4, 0.5) is 13.2 Å². The Morgan fingerprint density at radius 2 is 2.00 bits per heavy atom. The highest BCUT2D eigenvalue weighted by molar-refractivity contribution is 8.04. The highest BCUT2D eigenvalue weighted by atomic mass is 32.2. The molecule has 2 aliphatic rings. The van der Waals surface area contributed by atoms with Crippen molar-refractivity contribution in [3.63, 3.8) is 0 Å². The third-order valence-electron chi connectivity index (χ3n) is 5.00. The summed E-state index contributed by atoms with van der Waals surface area (Å²) < 4.78 is 39.6. The van der Waals surface area contributed by atoms with Gasteiger partial charge in [0.15, 0.2) is 0 Å². The fourth-order valence-corrected chi connectivity index (χ4v) is 4.77. The first-order chi connectivity index (χ1) is 13.2. The van der Waals surface area contributed by atoms with Crippen molar-refractivity contribution in [2.24, 2.45) is 0 Å². The molecule has 152 valence electrons. The molecule has 0 saturated heterocycles. The minimum Gasteiger partial charge on any atom is -0.387 e. The van der Waals surface area contributed by atoms with Gasteiger partial charge in [-0.05, 0) is 37.5 Å². The number of rotatable bonds is 4. The average molecular weight is 412 g/mol. The number of halogens is 3. The van der Waals surface area contributed by atoms with Crippen LogP contribution in [0.3, 0.4) is 0 Å². The molecular weight excluding hydrogens is 389 g/mol. The van der Waals surface area contributed by atoms with Crippen LogP contribution < -0.4 is 5.32 Å². The predicted octanol–water partition coefficient (Wildman–Crippen LogP) is 3.86. The molecular formula is C20H23F3N2O2S. The third-order valence-corrected chi connectivity index (χ3v) is 6.25. The number of nitrogens with one attached hydrogen (secondary N) is 1. The summed E-state index contributed by atoms with van der Waals surface area (Å²) in [6.45, 7) is 5.23. The molecule has 0 aliphatic carbocycles. The van der Waals surface area contributed by atoms with E-state index >= 15 is 0 Å². The molecule has 1 atom stereocenters. The van der Waals surface area contributed by atoms with E-state index in [4.69, 9.17) is 0 Å². The number of carbonyl (C=O) groups is 1. The summed E-state index contributed by atoms with van der Waals surface area (Å²) in [5.74, 6) is 0.383. The van der Waals surface area contributed by atoms with Crippen molar-refractivity contribution >= 4 is 17.7 Å². The maximum Gasteiger partial charge on any atom is 0.416 e. The number of hydrogen-bond donors (Lipinski definition) is 2. The van der Waals surface area contributed by atoms with Crippen molar-refractivity contribution in [1.82, 2.24) is 10.2 Å². The fourth-order valence-electron chi connectivity index (χ4n) is 3.71. The van der Waals surface area contributed by atoms with Crippen molar-refractivity contribution < 1.29 is 23.1 Å². The zero-order valence-electron chi connectivity index (χ0n) is 15.8. The van der Waals surface area contributed by atoms with Crippen LogP contribution in [0.15, 0.2) is 46.0 Å². The summed E-state index contributed by atoms with van der Waals surface area (Å²) in [5, 5.41) is 13.3. The van der Waals surface area contributed by atoms with Crippen molar-refractivity contribution in [3.8, 4) is 0 Å². The molecule has 1 aromatic rings. The van der Waals surface area contributed by atoms with E-state index < -0.39 is 17.8 Å². The Bertz CT molecular complexity index is 833. The number of benzene rings is 1. The van der Waals surface area contributed by atoms with E-state index in [1.54, 1.807) is 0 Å². The largest absolute Gasteiger partial charge is 0.416 e. The smallest absolute Gasteiger partial charge is 0.387 e. The maximum atomic E-state index is 13.2. The van der Waals surface area contributed by atoms with Crippen LogP contribution >= 0.6 is 11.8 Å². The lowest BCUT2D eigenvalue weighted by molar-refractivity contribution is -0.139. The second-order valence-electron chi connectivity index (χ2n) is 7.14. The Balaban J connectivity index is 1.73. The molecule has 8 heteroatoms. The van der Waals surface area contributed by atoms with Crippen molar-refractivity contribution in [3.05, 3.63) is 57.1 Å². The van der Waals surface area contributed by atoms with Crippen LogP contribution in [0.5, 0.6) is 0 Å². The molecule has 2 heterocycles. The van der Waals surface area contributed by atoms with Crippen molar-refractivity contribution in [2.75, 3.05) is 25.4 Å². The van der Waals surface area contributed by atoms with Gasteiger partial charge in [-0.1, -0.05) is 23.8 Å². The highest BCUT2D eigenvalue weighted by Crippen LogP contribution is 2.37. The quantitative estimate of drug-likeness (QED) is 0.789. The van der Waals surface area contributed by atoms with Gasteiger partial charge >= 0.3 is 6.18 Å². The van der Waals surface area contributed by atoms with E-state index in [0.717, 1.165) is 28.7 Å². The highest BCUT2D eigenvalue weighted by Gasteiger charge is 2.35. The topological polar surface area (TPSA) is 52.6 Å². The molecule has 0 aromatic heterocycles. The minimum atomic E-state index is -4.49. The number of aliphatic hydroxyl groups excluding tert-OH is 1. The zero-order valence-corrected chi connectivity index (χ0v) is 16.6. The van der Waals surface area contributed by atoms with Gasteiger partial charge in [-0.25, -0.2) is 0 Å². The predicted molar refractivity (Wildman–Crippen MR) is 103 cm³/mol. The average Bonchev–Trinajstić information content (AvgIpc) is 2.62. The third kappa shape index (κ3) is 4.61. The lowest BCUT2D eigenvalue weighted by atomic mass is 9.97. The standard InChI is InChI=1S/C20H23F3N2O2S/c1-12-9-25(8-7-14(12)19-13(2)24-18(27)11-28-19)10-17(26)15-5-3-4-6-16(15)20(21,22)23/h3-6,17,26H,7-11H2,1-2H3,(H,24,27). The number of thioether (sulfide) groups is 1. The van der Waals surface area contributed by atoms with E-state index in [1.807, 2.05) is 18.7 Å². The van der Waals surface area contributed by atoms with E-state index in [9.17, 15) is 23.1 Å². The fraction of sp³-hybridized carbons (Fsp3) is 0.450. The first kappa shape index (κ1) is 21.0. The maximum absolute atomic E-state index is 13.2. The van der Waals surface area contributed by atoms with Crippen molar-refractivity contribution in [1.29, 1.82) is 0 Å². The van der Waals surface area contributed by atoms with Crippen LogP contribution in [0.1, 0.15) is 37.5 Å². The number of carbonyl (C=O) groups excluding carboxylic acids is 1. The molecule has 2 aliphatic heterocycles. The zero-order chi connectivity index (χ0) is 20.5. The van der Waals surface area contributed by atoms with Gasteiger partial charge in [0.05, 0.1) is 17.4 Å². The van der Waals surface area contributed by atoms with Gasteiger partial charge < -0.3 is 10.4 Å². The number of β-amino-alcohol motifs (C(OH)–C–C–N with tert-alkyl or cyclic N) is 1. The van der Waals surface area contributed by atoms with Gasteiger partial charge in [0.25, 0.3) is 0 Å². The Hall–Kier alpha value is -1.77. The first-order valence-electron chi connectivity index (χ1n) is 9.06. The van der Waals surface area contributed by atoms with Crippen LogP contribution in [-0.2, 0) is 11.0 Å². The van der Waals surface area contributed by atoms with Gasteiger partial charge in [-0.3, -0.25) is 9.69 Å². The van der Waals surface area contributed by atoms with E-state index in [-0.39, 0.29) is 18.0 Å². The molecule has 1 amide bonds. The number of amides is 1. The van der Waals surface area contributed by atoms with E-state index in [0.29, 0.717) is 18.8 Å². The number of aliphatic hydroxyl groups is 1. The van der Waals surface area contributed by atoms with Crippen molar-refractivity contribution in [2.45, 2.75) is 32.5 Å². The monoisotopic (exact) mass is 412 g/mol. The number of nitrogens with zero attached hydrogens (tertiary/aromatic N) is 1. The first-order valence-corrected chi connectivity index (χ1v) is 10.0. The lowest BCUT2D eigenvalue weighted by Crippen LogP contribution is -2.36. The molecule has 0 fully saturated rings. The second kappa shape index (κ2) is 8.31. The second-order valence-corrected chi connectivity index (χ2v) is 8.12. The minimum absolute atomic E-state index is 0.00612. The molecule has 1 aromatic carbocycles. The summed E-state index contributed by atoms with van der Waals surface area (Å²) in [7, 11) is 0. The molecule has 0 spiro atoms. The van der Waals surface area contributed by atoms with Gasteiger partial charge in [0.1, 0.15) is 0 Å². The summed E-state index contributed by atoms with van der Waals surface area (Å²) in [6.07, 6.45) is -4.97. The van der Waals surface area contributed by atoms with E-state index in [1.165, 1.54) is 35.5 Å². The molecule has 0 radical (unpaired) electrons. The molecule has 3 rings (SSSR count). The normalized spacial score (nSPS) is 20.4. The number of alkyl halides is 3. The van der Waals surface area contributed by atoms with Gasteiger partial charge in [-0.15, -0.1) is 11.8 Å². The van der Waals surface area contributed by atoms with Gasteiger partial charge in [0.2, 0.25) is 5.91 Å². The number of allylic oxidation sites excluding steroid dienone is 2. The van der Waals surface area contributed by atoms with Crippen LogP contribution in [0.2, 0.25) is 0 Å². The number of hydrogen-bond acceptors (Lipinski definition) is 4. The molecule has 4 nitrogen and oxygen atoms in total. The molecule has 2 N–H and O–H groups in total. The molecule has 28 heavy (non-hydrogen) atoms. The summed E-state index contributed by atoms with van der Waals surface area (Å²) in [4.78, 5) is 14.5. The van der Waals surface area contributed by atoms with Crippen LogP contribution in [0, 0.1) is 0 Å². The summed E-state index contributed by atoms with van der Waals surface area (Å²) >= 11 is 1.52. The van der Waals surface area contributed by atoms with Gasteiger partial charge in [-0.2, -0.15) is 13.2 Å². The van der Waals surface area contributed by atoms with E-state index in [2.05, 4.69) is 5.32 Å². The molecule has 0 bridgehead atoms. The molecule has 1 unspecified atom stereocenters. The SMILES string of the molecule is CC1=C(C2=C(C)NC(=O)CS2)CCN(CC(O)c2ccccc2C(F)(F)F)C1. The summed E-state index contributed by atoms with van der Waals surface area (Å²) in [6, 6.07) is 5.18. The lowest BCUT2D eigenvalue weighted by Gasteiger charge is -2.33. The summed E-state index contributed by atoms with van der Waals surface area (Å²) in [5.41, 5.74) is 2.27. The van der Waals surface area contributed by atoms with Crippen LogP contribution in [-0.4, -0.2) is 41.3 Å².